The fraction of sp³-hybridized carbons (Fsp3) is 0.0417. The molecule has 0 saturated heterocycles. The zero-order chi connectivity index (χ0) is 21.0. The Morgan fingerprint density at radius 3 is 2.68 bits per heavy atom. The van der Waals surface area contributed by atoms with Gasteiger partial charge in [-0.2, -0.15) is 0 Å². The molecule has 31 heavy (non-hydrogen) atoms. The van der Waals surface area contributed by atoms with E-state index in [1.54, 1.807) is 36.6 Å². The maximum absolute atomic E-state index is 12.5. The van der Waals surface area contributed by atoms with Crippen molar-refractivity contribution in [2.45, 2.75) is 6.61 Å². The summed E-state index contributed by atoms with van der Waals surface area (Å²) in [7, 11) is 0. The van der Waals surface area contributed by atoms with Crippen LogP contribution in [0.2, 0.25) is 0 Å². The highest BCUT2D eigenvalue weighted by Crippen LogP contribution is 2.25. The van der Waals surface area contributed by atoms with Gasteiger partial charge < -0.3 is 9.15 Å². The normalized spacial score (nSPS) is 10.8. The average molecular weight is 427 g/mol. The second-order valence-corrected chi connectivity index (χ2v) is 7.64. The summed E-state index contributed by atoms with van der Waals surface area (Å²) in [5.41, 5.74) is 2.99. The lowest BCUT2D eigenvalue weighted by Gasteiger charge is -2.08. The largest absolute Gasteiger partial charge is 0.487 e. The molecule has 0 saturated carbocycles. The number of benzene rings is 2. The van der Waals surface area contributed by atoms with Gasteiger partial charge in [0.15, 0.2) is 10.9 Å². The third kappa shape index (κ3) is 4.31. The number of aromatic nitrogens is 2. The average Bonchev–Trinajstić information content (AvgIpc) is 3.50. The molecular formula is C24H17N3O3S. The first-order valence-electron chi connectivity index (χ1n) is 9.63. The third-order valence-electron chi connectivity index (χ3n) is 4.66. The van der Waals surface area contributed by atoms with E-state index in [2.05, 4.69) is 15.3 Å². The predicted octanol–water partition coefficient (Wildman–Crippen LogP) is 5.78. The lowest BCUT2D eigenvalue weighted by atomic mass is 10.2. The van der Waals surface area contributed by atoms with E-state index >= 15 is 0 Å². The molecule has 0 fully saturated rings. The fourth-order valence-corrected chi connectivity index (χ4v) is 3.78. The summed E-state index contributed by atoms with van der Waals surface area (Å²) >= 11 is 1.35. The van der Waals surface area contributed by atoms with E-state index in [1.165, 1.54) is 11.3 Å². The number of thiazole rings is 1. The monoisotopic (exact) mass is 427 g/mol. The van der Waals surface area contributed by atoms with Crippen molar-refractivity contribution in [2.24, 2.45) is 0 Å². The standard InChI is InChI=1S/C24H17N3O3S/c28-23(27-24-26-21(15-31-24)22-6-3-13-29-22)17-8-11-19(12-9-17)30-14-18-10-7-16-4-1-2-5-20(16)25-18/h1-13,15H,14H2,(H,26,27,28). The summed E-state index contributed by atoms with van der Waals surface area (Å²) < 4.78 is 11.1. The minimum atomic E-state index is -0.233. The van der Waals surface area contributed by atoms with Gasteiger partial charge in [-0.15, -0.1) is 11.3 Å². The zero-order valence-electron chi connectivity index (χ0n) is 16.3. The number of carbonyl (C=O) groups excluding carboxylic acids is 1. The van der Waals surface area contributed by atoms with Crippen LogP contribution in [0.4, 0.5) is 5.13 Å². The Labute approximate surface area is 182 Å². The van der Waals surface area contributed by atoms with Crippen LogP contribution in [-0.4, -0.2) is 15.9 Å². The number of amides is 1. The number of fused-ring (bicyclic) bond motifs is 1. The van der Waals surface area contributed by atoms with Gasteiger partial charge in [-0.05, 0) is 48.5 Å². The van der Waals surface area contributed by atoms with Crippen molar-refractivity contribution >= 4 is 33.3 Å². The van der Waals surface area contributed by atoms with Crippen LogP contribution in [-0.2, 0) is 6.61 Å². The summed E-state index contributed by atoms with van der Waals surface area (Å²) in [6.07, 6.45) is 1.59. The number of furan rings is 1. The summed E-state index contributed by atoms with van der Waals surface area (Å²) in [6.45, 7) is 0.352. The lowest BCUT2D eigenvalue weighted by molar-refractivity contribution is 0.102. The number of nitrogens with one attached hydrogen (secondary N) is 1. The predicted molar refractivity (Wildman–Crippen MR) is 120 cm³/mol. The Hall–Kier alpha value is -3.97. The topological polar surface area (TPSA) is 77.2 Å². The molecule has 0 radical (unpaired) electrons. The highest BCUT2D eigenvalue weighted by atomic mass is 32.1. The molecule has 1 amide bonds. The lowest BCUT2D eigenvalue weighted by Crippen LogP contribution is -2.11. The van der Waals surface area contributed by atoms with E-state index in [1.807, 2.05) is 47.8 Å². The van der Waals surface area contributed by atoms with E-state index in [-0.39, 0.29) is 5.91 Å². The fourth-order valence-electron chi connectivity index (χ4n) is 3.09. The number of ether oxygens (including phenoxy) is 1. The minimum Gasteiger partial charge on any atom is -0.487 e. The van der Waals surface area contributed by atoms with Gasteiger partial charge in [-0.3, -0.25) is 10.1 Å². The van der Waals surface area contributed by atoms with Crippen molar-refractivity contribution in [3.8, 4) is 17.2 Å². The second-order valence-electron chi connectivity index (χ2n) is 6.78. The van der Waals surface area contributed by atoms with Crippen molar-refractivity contribution in [2.75, 3.05) is 5.32 Å². The van der Waals surface area contributed by atoms with Gasteiger partial charge >= 0.3 is 0 Å². The van der Waals surface area contributed by atoms with Crippen molar-refractivity contribution in [3.63, 3.8) is 0 Å². The number of pyridine rings is 1. The molecule has 0 spiro atoms. The smallest absolute Gasteiger partial charge is 0.257 e. The number of hydrogen-bond donors (Lipinski definition) is 1. The first kappa shape index (κ1) is 19.0. The van der Waals surface area contributed by atoms with Gasteiger partial charge in [-0.1, -0.05) is 24.3 Å². The molecule has 0 unspecified atom stereocenters. The first-order chi connectivity index (χ1) is 15.2. The van der Waals surface area contributed by atoms with Crippen LogP contribution in [0.1, 0.15) is 16.1 Å². The molecule has 1 N–H and O–H groups in total. The quantitative estimate of drug-likeness (QED) is 0.371. The number of hydrogen-bond acceptors (Lipinski definition) is 6. The van der Waals surface area contributed by atoms with Gasteiger partial charge in [0.25, 0.3) is 5.91 Å². The van der Waals surface area contributed by atoms with Crippen LogP contribution < -0.4 is 10.1 Å². The number of rotatable bonds is 6. The highest BCUT2D eigenvalue weighted by molar-refractivity contribution is 7.14. The third-order valence-corrected chi connectivity index (χ3v) is 5.42. The molecule has 6 nitrogen and oxygen atoms in total. The van der Waals surface area contributed by atoms with Crippen molar-refractivity contribution in [1.82, 2.24) is 9.97 Å². The van der Waals surface area contributed by atoms with E-state index in [0.717, 1.165) is 16.6 Å². The maximum atomic E-state index is 12.5. The maximum Gasteiger partial charge on any atom is 0.257 e. The van der Waals surface area contributed by atoms with Crippen LogP contribution in [0.5, 0.6) is 5.75 Å². The molecule has 0 aliphatic carbocycles. The highest BCUT2D eigenvalue weighted by Gasteiger charge is 2.11. The van der Waals surface area contributed by atoms with Crippen LogP contribution >= 0.6 is 11.3 Å². The Morgan fingerprint density at radius 1 is 0.968 bits per heavy atom. The molecular weight excluding hydrogens is 410 g/mol. The molecule has 3 aromatic heterocycles. The Morgan fingerprint density at radius 2 is 1.84 bits per heavy atom. The van der Waals surface area contributed by atoms with Gasteiger partial charge in [0.2, 0.25) is 0 Å². The van der Waals surface area contributed by atoms with Gasteiger partial charge in [0.1, 0.15) is 18.1 Å². The van der Waals surface area contributed by atoms with Crippen molar-refractivity contribution in [1.29, 1.82) is 0 Å². The van der Waals surface area contributed by atoms with Crippen LogP contribution in [0.3, 0.4) is 0 Å². The summed E-state index contributed by atoms with van der Waals surface area (Å²) in [5, 5.41) is 6.26. The Kier molecular flexibility index (Phi) is 5.16. The van der Waals surface area contributed by atoms with Gasteiger partial charge in [-0.25, -0.2) is 9.97 Å². The number of para-hydroxylation sites is 1. The summed E-state index contributed by atoms with van der Waals surface area (Å²) in [6, 6.07) is 22.6. The van der Waals surface area contributed by atoms with E-state index in [9.17, 15) is 4.79 Å². The molecule has 7 heteroatoms. The molecule has 3 heterocycles. The van der Waals surface area contributed by atoms with E-state index in [4.69, 9.17) is 9.15 Å². The molecule has 0 bridgehead atoms. The number of anilines is 1. The number of carbonyl (C=O) groups is 1. The van der Waals surface area contributed by atoms with E-state index in [0.29, 0.717) is 34.5 Å². The van der Waals surface area contributed by atoms with Crippen molar-refractivity contribution in [3.05, 3.63) is 95.7 Å². The SMILES string of the molecule is O=C(Nc1nc(-c2ccco2)cs1)c1ccc(OCc2ccc3ccccc3n2)cc1. The summed E-state index contributed by atoms with van der Waals surface area (Å²) in [4.78, 5) is 21.5. The molecule has 0 aliphatic heterocycles. The van der Waals surface area contributed by atoms with Gasteiger partial charge in [0, 0.05) is 16.3 Å². The molecule has 5 aromatic rings. The summed E-state index contributed by atoms with van der Waals surface area (Å²) in [5.74, 6) is 1.10. The first-order valence-corrected chi connectivity index (χ1v) is 10.5. The molecule has 5 rings (SSSR count). The Balaban J connectivity index is 1.20. The van der Waals surface area contributed by atoms with Crippen LogP contribution in [0, 0.1) is 0 Å². The zero-order valence-corrected chi connectivity index (χ0v) is 17.1. The number of nitrogens with zero attached hydrogens (tertiary/aromatic N) is 2. The minimum absolute atomic E-state index is 0.233. The Bertz CT molecular complexity index is 1330. The van der Waals surface area contributed by atoms with Crippen LogP contribution in [0.15, 0.2) is 88.9 Å². The van der Waals surface area contributed by atoms with Crippen LogP contribution in [0.25, 0.3) is 22.4 Å². The van der Waals surface area contributed by atoms with E-state index < -0.39 is 0 Å². The molecule has 0 atom stereocenters. The molecule has 2 aromatic carbocycles. The second kappa shape index (κ2) is 8.41. The molecule has 152 valence electrons. The van der Waals surface area contributed by atoms with Gasteiger partial charge in [0.05, 0.1) is 17.5 Å². The molecule has 0 aliphatic rings. The van der Waals surface area contributed by atoms with Crippen molar-refractivity contribution < 1.29 is 13.9 Å².